The number of aromatic nitrogens is 2. The highest BCUT2D eigenvalue weighted by molar-refractivity contribution is 7.98. The molecule has 8 heteroatoms. The van der Waals surface area contributed by atoms with Crippen molar-refractivity contribution in [1.29, 1.82) is 0 Å². The normalized spacial score (nSPS) is 12.2. The molecule has 0 unspecified atom stereocenters. The van der Waals surface area contributed by atoms with Crippen LogP contribution in [0.3, 0.4) is 0 Å². The van der Waals surface area contributed by atoms with Crippen LogP contribution in [0.1, 0.15) is 23.9 Å². The van der Waals surface area contributed by atoms with E-state index in [1.54, 1.807) is 23.9 Å². The van der Waals surface area contributed by atoms with Crippen molar-refractivity contribution in [3.05, 3.63) is 70.3 Å². The minimum Gasteiger partial charge on any atom is -0.484 e. The molecule has 166 valence electrons. The van der Waals surface area contributed by atoms with Crippen LogP contribution in [0.4, 0.5) is 0 Å². The van der Waals surface area contributed by atoms with E-state index >= 15 is 0 Å². The second kappa shape index (κ2) is 9.48. The highest BCUT2D eigenvalue weighted by Gasteiger charge is 2.21. The zero-order chi connectivity index (χ0) is 22.7. The largest absolute Gasteiger partial charge is 0.484 e. The van der Waals surface area contributed by atoms with E-state index in [4.69, 9.17) is 14.1 Å². The minimum atomic E-state index is -0.413. The Morgan fingerprint density at radius 1 is 1.25 bits per heavy atom. The molecule has 1 N–H and O–H groups in total. The lowest BCUT2D eigenvalue weighted by Crippen LogP contribution is -2.34. The Kier molecular flexibility index (Phi) is 6.50. The summed E-state index contributed by atoms with van der Waals surface area (Å²) in [5.41, 5.74) is 2.78. The monoisotopic (exact) mass is 451 g/mol. The number of ether oxygens (including phenoxy) is 1. The number of hydrogen-bond donors (Lipinski definition) is 1. The van der Waals surface area contributed by atoms with E-state index < -0.39 is 5.63 Å². The number of rotatable bonds is 8. The quantitative estimate of drug-likeness (QED) is 0.408. The third kappa shape index (κ3) is 4.65. The number of fused-ring (bicyclic) bond motifs is 2. The van der Waals surface area contributed by atoms with Gasteiger partial charge in [-0.25, -0.2) is 9.78 Å². The summed E-state index contributed by atoms with van der Waals surface area (Å²) in [6.07, 6.45) is 2.79. The van der Waals surface area contributed by atoms with Crippen LogP contribution in [0.2, 0.25) is 0 Å². The van der Waals surface area contributed by atoms with E-state index in [0.717, 1.165) is 40.0 Å². The molecule has 0 aliphatic rings. The van der Waals surface area contributed by atoms with Crippen LogP contribution in [0.5, 0.6) is 5.75 Å². The van der Waals surface area contributed by atoms with Crippen molar-refractivity contribution in [1.82, 2.24) is 14.9 Å². The van der Waals surface area contributed by atoms with E-state index in [-0.39, 0.29) is 18.6 Å². The molecule has 0 aliphatic carbocycles. The second-order valence-electron chi connectivity index (χ2n) is 7.61. The smallest absolute Gasteiger partial charge is 0.336 e. The van der Waals surface area contributed by atoms with Gasteiger partial charge in [-0.05, 0) is 55.2 Å². The first-order valence-corrected chi connectivity index (χ1v) is 11.7. The molecule has 1 amide bonds. The number of thioether (sulfide) groups is 1. The number of hydrogen-bond acceptors (Lipinski definition) is 6. The molecule has 2 heterocycles. The first-order chi connectivity index (χ1) is 15.5. The third-order valence-corrected chi connectivity index (χ3v) is 6.02. The fraction of sp³-hybridized carbons (Fsp3) is 0.292. The van der Waals surface area contributed by atoms with Crippen molar-refractivity contribution in [2.75, 3.05) is 18.6 Å². The lowest BCUT2D eigenvalue weighted by molar-refractivity contribution is -0.123. The number of carbonyl (C=O) groups excluding carboxylic acids is 1. The van der Waals surface area contributed by atoms with Gasteiger partial charge < -0.3 is 19.0 Å². The number of para-hydroxylation sites is 2. The van der Waals surface area contributed by atoms with Crippen LogP contribution < -0.4 is 15.7 Å². The van der Waals surface area contributed by atoms with Crippen LogP contribution in [0.25, 0.3) is 22.0 Å². The molecule has 32 heavy (non-hydrogen) atoms. The predicted molar refractivity (Wildman–Crippen MR) is 127 cm³/mol. The summed E-state index contributed by atoms with van der Waals surface area (Å²) in [6.45, 7) is 1.70. The molecule has 1 atom stereocenters. The average Bonchev–Trinajstić information content (AvgIpc) is 3.11. The lowest BCUT2D eigenvalue weighted by Gasteiger charge is -2.18. The number of nitrogens with one attached hydrogen (secondary N) is 1. The Morgan fingerprint density at radius 2 is 2.06 bits per heavy atom. The SMILES string of the molecule is CSCC[C@H](NC(=O)COc1ccc2c(C)cc(=O)oc2c1)c1nc2ccccc2n1C. The van der Waals surface area contributed by atoms with Crippen LogP contribution >= 0.6 is 11.8 Å². The fourth-order valence-corrected chi connectivity index (χ4v) is 4.23. The molecule has 0 fully saturated rings. The average molecular weight is 452 g/mol. The zero-order valence-electron chi connectivity index (χ0n) is 18.3. The number of nitrogens with zero attached hydrogens (tertiary/aromatic N) is 2. The van der Waals surface area contributed by atoms with Gasteiger partial charge in [0.15, 0.2) is 6.61 Å². The molecule has 0 bridgehead atoms. The Balaban J connectivity index is 1.48. The van der Waals surface area contributed by atoms with Crippen molar-refractivity contribution < 1.29 is 13.9 Å². The van der Waals surface area contributed by atoms with Crippen LogP contribution in [-0.4, -0.2) is 34.1 Å². The van der Waals surface area contributed by atoms with E-state index in [1.807, 2.05) is 55.1 Å². The summed E-state index contributed by atoms with van der Waals surface area (Å²) >= 11 is 1.72. The van der Waals surface area contributed by atoms with Gasteiger partial charge in [-0.3, -0.25) is 4.79 Å². The molecule has 2 aromatic heterocycles. The first kappa shape index (κ1) is 22.0. The predicted octanol–water partition coefficient (Wildman–Crippen LogP) is 3.98. The third-order valence-electron chi connectivity index (χ3n) is 5.37. The van der Waals surface area contributed by atoms with Gasteiger partial charge in [0.05, 0.1) is 17.1 Å². The summed E-state index contributed by atoms with van der Waals surface area (Å²) < 4.78 is 13.0. The van der Waals surface area contributed by atoms with Gasteiger partial charge in [0, 0.05) is 24.6 Å². The van der Waals surface area contributed by atoms with Crippen molar-refractivity contribution in [3.63, 3.8) is 0 Å². The van der Waals surface area contributed by atoms with Crippen LogP contribution in [0, 0.1) is 6.92 Å². The van der Waals surface area contributed by atoms with Gasteiger partial charge in [-0.1, -0.05) is 12.1 Å². The van der Waals surface area contributed by atoms with Gasteiger partial charge in [-0.15, -0.1) is 0 Å². The molecular weight excluding hydrogens is 426 g/mol. The molecule has 4 rings (SSSR count). The standard InChI is InChI=1S/C24H25N3O4S/c1-15-12-23(29)31-21-13-16(8-9-17(15)21)30-14-22(28)25-19(10-11-32-3)24-26-18-6-4-5-7-20(18)27(24)2/h4-9,12-13,19H,10-11,14H2,1-3H3,(H,25,28)/t19-/m0/s1. The van der Waals surface area contributed by atoms with Crippen LogP contribution in [-0.2, 0) is 11.8 Å². The fourth-order valence-electron chi connectivity index (χ4n) is 3.76. The van der Waals surface area contributed by atoms with Crippen molar-refractivity contribution in [2.24, 2.45) is 7.05 Å². The number of carbonyl (C=O) groups is 1. The summed E-state index contributed by atoms with van der Waals surface area (Å²) in [4.78, 5) is 29.1. The van der Waals surface area contributed by atoms with E-state index in [2.05, 4.69) is 5.32 Å². The highest BCUT2D eigenvalue weighted by atomic mass is 32.2. The van der Waals surface area contributed by atoms with Gasteiger partial charge in [0.2, 0.25) is 0 Å². The van der Waals surface area contributed by atoms with E-state index in [1.165, 1.54) is 6.07 Å². The number of benzene rings is 2. The molecule has 0 aliphatic heterocycles. The van der Waals surface area contributed by atoms with Gasteiger partial charge in [0.1, 0.15) is 17.2 Å². The first-order valence-electron chi connectivity index (χ1n) is 10.3. The van der Waals surface area contributed by atoms with Gasteiger partial charge in [0.25, 0.3) is 5.91 Å². The maximum atomic E-state index is 12.7. The second-order valence-corrected chi connectivity index (χ2v) is 8.60. The Hall–Kier alpha value is -3.26. The van der Waals surface area contributed by atoms with Gasteiger partial charge in [-0.2, -0.15) is 11.8 Å². The minimum absolute atomic E-state index is 0.152. The molecule has 0 radical (unpaired) electrons. The Labute approximate surface area is 189 Å². The van der Waals surface area contributed by atoms with Crippen LogP contribution in [0.15, 0.2) is 57.7 Å². The van der Waals surface area contributed by atoms with Crippen molar-refractivity contribution in [2.45, 2.75) is 19.4 Å². The summed E-state index contributed by atoms with van der Waals surface area (Å²) in [5.74, 6) is 1.92. The molecule has 0 spiro atoms. The maximum Gasteiger partial charge on any atom is 0.336 e. The van der Waals surface area contributed by atoms with Crippen molar-refractivity contribution in [3.8, 4) is 5.75 Å². The number of aryl methyl sites for hydroxylation is 2. The lowest BCUT2D eigenvalue weighted by atomic mass is 10.1. The maximum absolute atomic E-state index is 12.7. The van der Waals surface area contributed by atoms with Crippen molar-refractivity contribution >= 4 is 39.7 Å². The highest BCUT2D eigenvalue weighted by Crippen LogP contribution is 2.24. The van der Waals surface area contributed by atoms with E-state index in [9.17, 15) is 9.59 Å². The summed E-state index contributed by atoms with van der Waals surface area (Å²) in [6, 6.07) is 14.4. The number of imidazole rings is 1. The summed E-state index contributed by atoms with van der Waals surface area (Å²) in [7, 11) is 1.96. The topological polar surface area (TPSA) is 86.4 Å². The van der Waals surface area contributed by atoms with E-state index in [0.29, 0.717) is 11.3 Å². The molecule has 2 aromatic carbocycles. The zero-order valence-corrected chi connectivity index (χ0v) is 19.1. The number of amides is 1. The Bertz CT molecular complexity index is 1330. The summed E-state index contributed by atoms with van der Waals surface area (Å²) in [5, 5.41) is 3.90. The molecule has 7 nitrogen and oxygen atoms in total. The van der Waals surface area contributed by atoms with Gasteiger partial charge >= 0.3 is 5.63 Å². The molecule has 4 aromatic rings. The molecule has 0 saturated carbocycles. The Morgan fingerprint density at radius 3 is 2.84 bits per heavy atom. The molecule has 0 saturated heterocycles. The molecular formula is C24H25N3O4S.